The number of nitrogens with zero attached hydrogens (tertiary/aromatic N) is 1. The molecule has 176 valence electrons. The van der Waals surface area contributed by atoms with E-state index in [1.54, 1.807) is 26.4 Å². The molecule has 2 aromatic carbocycles. The lowest BCUT2D eigenvalue weighted by Gasteiger charge is -2.11. The summed E-state index contributed by atoms with van der Waals surface area (Å²) in [6, 6.07) is 15.5. The molecule has 34 heavy (non-hydrogen) atoms. The second kappa shape index (κ2) is 11.2. The number of rotatable bonds is 10. The zero-order chi connectivity index (χ0) is 23.9. The number of esters is 1. The lowest BCUT2D eigenvalue weighted by Crippen LogP contribution is -2.09. The number of carbonyl (C=O) groups is 1. The number of hydrogen-bond donors (Lipinski definition) is 1. The van der Waals surface area contributed by atoms with Gasteiger partial charge in [0.1, 0.15) is 29.4 Å². The van der Waals surface area contributed by atoms with Crippen LogP contribution in [0.3, 0.4) is 0 Å². The van der Waals surface area contributed by atoms with E-state index in [9.17, 15) is 4.79 Å². The van der Waals surface area contributed by atoms with Crippen LogP contribution in [-0.4, -0.2) is 24.7 Å². The van der Waals surface area contributed by atoms with Gasteiger partial charge in [0, 0.05) is 17.0 Å². The summed E-state index contributed by atoms with van der Waals surface area (Å²) >= 11 is 2.28. The predicted octanol–water partition coefficient (Wildman–Crippen LogP) is 5.74. The van der Waals surface area contributed by atoms with Crippen LogP contribution in [0, 0.1) is 3.57 Å². The number of halogens is 1. The van der Waals surface area contributed by atoms with Crippen LogP contribution < -0.4 is 14.8 Å². The molecule has 0 spiro atoms. The number of nitrogens with one attached hydrogen (secondary N) is 1. The average Bonchev–Trinajstić information content (AvgIpc) is 3.26. The van der Waals surface area contributed by atoms with Gasteiger partial charge in [-0.2, -0.15) is 0 Å². The van der Waals surface area contributed by atoms with Gasteiger partial charge in [-0.15, -0.1) is 0 Å². The van der Waals surface area contributed by atoms with Gasteiger partial charge < -0.3 is 23.9 Å². The van der Waals surface area contributed by atoms with Crippen molar-refractivity contribution in [3.63, 3.8) is 0 Å². The summed E-state index contributed by atoms with van der Waals surface area (Å²) < 4.78 is 23.4. The van der Waals surface area contributed by atoms with E-state index in [1.807, 2.05) is 42.5 Å². The molecular weight excluding hydrogens is 547 g/mol. The Morgan fingerprint density at radius 3 is 2.82 bits per heavy atom. The van der Waals surface area contributed by atoms with Gasteiger partial charge in [-0.05, 0) is 59.3 Å². The van der Waals surface area contributed by atoms with Gasteiger partial charge in [-0.1, -0.05) is 18.2 Å². The highest BCUT2D eigenvalue weighted by Crippen LogP contribution is 2.28. The molecule has 0 fully saturated rings. The summed E-state index contributed by atoms with van der Waals surface area (Å²) in [6.45, 7) is 3.05. The monoisotopic (exact) mass is 572 g/mol. The van der Waals surface area contributed by atoms with E-state index in [-0.39, 0.29) is 12.4 Å². The molecule has 8 heteroatoms. The highest BCUT2D eigenvalue weighted by atomic mass is 127. The van der Waals surface area contributed by atoms with Crippen LogP contribution in [0.25, 0.3) is 11.0 Å². The smallest absolute Gasteiger partial charge is 0.310 e. The summed E-state index contributed by atoms with van der Waals surface area (Å²) in [5.74, 6) is 1.92. The van der Waals surface area contributed by atoms with Gasteiger partial charge in [0.05, 0.1) is 48.3 Å². The van der Waals surface area contributed by atoms with Crippen molar-refractivity contribution in [1.29, 1.82) is 0 Å². The Bertz CT molecular complexity index is 1290. The molecule has 2 aromatic heterocycles. The van der Waals surface area contributed by atoms with E-state index in [1.165, 1.54) is 0 Å². The van der Waals surface area contributed by atoms with Crippen molar-refractivity contribution in [1.82, 2.24) is 4.98 Å². The fourth-order valence-electron chi connectivity index (χ4n) is 3.53. The second-order valence-electron chi connectivity index (χ2n) is 7.55. The van der Waals surface area contributed by atoms with Crippen molar-refractivity contribution in [2.75, 3.05) is 19.0 Å². The molecule has 7 nitrogen and oxygen atoms in total. The van der Waals surface area contributed by atoms with Crippen LogP contribution in [0.4, 0.5) is 5.69 Å². The normalized spacial score (nSPS) is 10.8. The van der Waals surface area contributed by atoms with Gasteiger partial charge >= 0.3 is 5.97 Å². The summed E-state index contributed by atoms with van der Waals surface area (Å²) in [5, 5.41) is 4.31. The molecule has 1 N–H and O–H groups in total. The Hall–Kier alpha value is -3.27. The Morgan fingerprint density at radius 1 is 1.15 bits per heavy atom. The molecular formula is C26H25IN2O5. The van der Waals surface area contributed by atoms with Gasteiger partial charge in [0.2, 0.25) is 0 Å². The summed E-state index contributed by atoms with van der Waals surface area (Å²) in [4.78, 5) is 16.1. The number of anilines is 1. The molecule has 0 aliphatic rings. The van der Waals surface area contributed by atoms with Crippen LogP contribution in [-0.2, 0) is 29.1 Å². The molecule has 0 amide bonds. The standard InChI is InChI=1S/C26H25IN2O5/c1-3-32-25(30)11-18-6-4-5-7-24(18)33-16-17-8-19-10-22(34-26(19)23(27)9-17)15-29-20-12-21(31-2)14-28-13-20/h4-10,12-14,29H,3,11,15-16H2,1-2H3. The first-order valence-corrected chi connectivity index (χ1v) is 11.9. The molecule has 0 aliphatic heterocycles. The van der Waals surface area contributed by atoms with E-state index in [0.717, 1.165) is 37.1 Å². The molecule has 0 unspecified atom stereocenters. The number of furan rings is 1. The zero-order valence-corrected chi connectivity index (χ0v) is 21.1. The van der Waals surface area contributed by atoms with E-state index < -0.39 is 0 Å². The maximum atomic E-state index is 11.9. The molecule has 0 atom stereocenters. The maximum absolute atomic E-state index is 11.9. The van der Waals surface area contributed by atoms with Crippen LogP contribution >= 0.6 is 22.6 Å². The lowest BCUT2D eigenvalue weighted by atomic mass is 10.1. The fraction of sp³-hybridized carbons (Fsp3) is 0.231. The van der Waals surface area contributed by atoms with E-state index in [0.29, 0.717) is 31.3 Å². The number of hydrogen-bond acceptors (Lipinski definition) is 7. The maximum Gasteiger partial charge on any atom is 0.310 e. The van der Waals surface area contributed by atoms with Crippen molar-refractivity contribution in [3.05, 3.63) is 81.4 Å². The third-order valence-corrected chi connectivity index (χ3v) is 5.91. The first-order chi connectivity index (χ1) is 16.6. The van der Waals surface area contributed by atoms with Crippen LogP contribution in [0.2, 0.25) is 0 Å². The van der Waals surface area contributed by atoms with Crippen molar-refractivity contribution in [2.24, 2.45) is 0 Å². The zero-order valence-electron chi connectivity index (χ0n) is 19.0. The third kappa shape index (κ3) is 5.99. The fourth-order valence-corrected chi connectivity index (χ4v) is 4.35. The molecule has 0 bridgehead atoms. The Labute approximate surface area is 211 Å². The van der Waals surface area contributed by atoms with Gasteiger partial charge in [-0.25, -0.2) is 0 Å². The van der Waals surface area contributed by atoms with Crippen LogP contribution in [0.15, 0.2) is 65.3 Å². The third-order valence-electron chi connectivity index (χ3n) is 5.10. The minimum absolute atomic E-state index is 0.182. The van der Waals surface area contributed by atoms with E-state index >= 15 is 0 Å². The molecule has 0 saturated carbocycles. The number of ether oxygens (including phenoxy) is 3. The number of carbonyl (C=O) groups excluding carboxylic acids is 1. The molecule has 0 saturated heterocycles. The SMILES string of the molecule is CCOC(=O)Cc1ccccc1OCc1cc(I)c2oc(CNc3cncc(OC)c3)cc2c1. The van der Waals surface area contributed by atoms with Crippen molar-refractivity contribution < 1.29 is 23.4 Å². The summed E-state index contributed by atoms with van der Waals surface area (Å²) in [6.07, 6.45) is 3.58. The number of methoxy groups -OCH3 is 1. The minimum Gasteiger partial charge on any atom is -0.495 e. The quantitative estimate of drug-likeness (QED) is 0.192. The Morgan fingerprint density at radius 2 is 2.00 bits per heavy atom. The van der Waals surface area contributed by atoms with Crippen molar-refractivity contribution >= 4 is 45.2 Å². The number of benzene rings is 2. The number of para-hydroxylation sites is 1. The summed E-state index contributed by atoms with van der Waals surface area (Å²) in [5.41, 5.74) is 3.51. The molecule has 4 aromatic rings. The van der Waals surface area contributed by atoms with Crippen molar-refractivity contribution in [3.8, 4) is 11.5 Å². The highest BCUT2D eigenvalue weighted by molar-refractivity contribution is 14.1. The van der Waals surface area contributed by atoms with E-state index in [2.05, 4.69) is 39.0 Å². The number of aromatic nitrogens is 1. The van der Waals surface area contributed by atoms with Crippen LogP contribution in [0.5, 0.6) is 11.5 Å². The largest absolute Gasteiger partial charge is 0.495 e. The van der Waals surface area contributed by atoms with E-state index in [4.69, 9.17) is 18.6 Å². The predicted molar refractivity (Wildman–Crippen MR) is 138 cm³/mol. The van der Waals surface area contributed by atoms with Gasteiger partial charge in [0.15, 0.2) is 0 Å². The molecule has 0 radical (unpaired) electrons. The molecule has 4 rings (SSSR count). The number of fused-ring (bicyclic) bond motifs is 1. The average molecular weight is 572 g/mol. The minimum atomic E-state index is -0.265. The van der Waals surface area contributed by atoms with Crippen LogP contribution in [0.1, 0.15) is 23.8 Å². The molecule has 0 aliphatic carbocycles. The van der Waals surface area contributed by atoms with Gasteiger partial charge in [-0.3, -0.25) is 9.78 Å². The Kier molecular flexibility index (Phi) is 7.89. The molecule has 2 heterocycles. The lowest BCUT2D eigenvalue weighted by molar-refractivity contribution is -0.142. The first-order valence-electron chi connectivity index (χ1n) is 10.9. The first kappa shape index (κ1) is 23.9. The Balaban J connectivity index is 1.45. The second-order valence-corrected chi connectivity index (χ2v) is 8.72. The topological polar surface area (TPSA) is 82.8 Å². The van der Waals surface area contributed by atoms with Gasteiger partial charge in [0.25, 0.3) is 0 Å². The van der Waals surface area contributed by atoms with Crippen molar-refractivity contribution in [2.45, 2.75) is 26.5 Å². The number of pyridine rings is 1. The summed E-state index contributed by atoms with van der Waals surface area (Å²) in [7, 11) is 1.61. The highest BCUT2D eigenvalue weighted by Gasteiger charge is 2.12.